The Balaban J connectivity index is 2.47. The van der Waals surface area contributed by atoms with Crippen molar-refractivity contribution in [2.45, 2.75) is 32.3 Å². The van der Waals surface area contributed by atoms with Crippen LogP contribution in [-0.2, 0) is 14.3 Å². The Hall–Kier alpha value is -1.06. The number of hydrogen-bond donors (Lipinski definition) is 1. The standard InChI is InChI=1S/C9H12O4/c1-5-8(2)3-4-9(5,6(10)11)13-7(8)12/h5H,3-4H2,1-2H3,(H,10,11). The van der Waals surface area contributed by atoms with E-state index in [1.54, 1.807) is 13.8 Å². The van der Waals surface area contributed by atoms with Crippen molar-refractivity contribution in [1.29, 1.82) is 0 Å². The van der Waals surface area contributed by atoms with Crippen LogP contribution in [0.2, 0.25) is 0 Å². The predicted molar refractivity (Wildman–Crippen MR) is 43.0 cm³/mol. The summed E-state index contributed by atoms with van der Waals surface area (Å²) in [5, 5.41) is 9.02. The fourth-order valence-corrected chi connectivity index (χ4v) is 2.43. The molecule has 1 saturated heterocycles. The molecule has 13 heavy (non-hydrogen) atoms. The molecule has 1 saturated carbocycles. The Morgan fingerprint density at radius 3 is 2.46 bits per heavy atom. The van der Waals surface area contributed by atoms with Crippen LogP contribution >= 0.6 is 0 Å². The maximum atomic E-state index is 11.4. The molecular weight excluding hydrogens is 172 g/mol. The molecule has 1 heterocycles. The molecule has 2 fully saturated rings. The molecule has 2 bridgehead atoms. The van der Waals surface area contributed by atoms with E-state index in [1.165, 1.54) is 0 Å². The first kappa shape index (κ1) is 8.53. The first-order valence-corrected chi connectivity index (χ1v) is 4.40. The highest BCUT2D eigenvalue weighted by atomic mass is 16.6. The molecule has 4 heteroatoms. The Labute approximate surface area is 75.9 Å². The highest BCUT2D eigenvalue weighted by molar-refractivity contribution is 5.91. The topological polar surface area (TPSA) is 63.6 Å². The minimum Gasteiger partial charge on any atom is -0.478 e. The summed E-state index contributed by atoms with van der Waals surface area (Å²) in [7, 11) is 0. The number of carbonyl (C=O) groups excluding carboxylic acids is 1. The molecule has 3 atom stereocenters. The van der Waals surface area contributed by atoms with Crippen LogP contribution in [0.15, 0.2) is 0 Å². The highest BCUT2D eigenvalue weighted by Crippen LogP contribution is 2.57. The SMILES string of the molecule is CC1C2(C)CCC1(C(=O)O)OC2=O. The summed E-state index contributed by atoms with van der Waals surface area (Å²) in [4.78, 5) is 22.4. The summed E-state index contributed by atoms with van der Waals surface area (Å²) < 4.78 is 4.99. The van der Waals surface area contributed by atoms with Gasteiger partial charge in [0.25, 0.3) is 0 Å². The number of fused-ring (bicyclic) bond motifs is 2. The fourth-order valence-electron chi connectivity index (χ4n) is 2.43. The third kappa shape index (κ3) is 0.716. The van der Waals surface area contributed by atoms with Gasteiger partial charge in [-0.25, -0.2) is 4.79 Å². The number of carboxylic acid groups (broad SMARTS) is 1. The Kier molecular flexibility index (Phi) is 1.35. The van der Waals surface area contributed by atoms with Gasteiger partial charge in [-0.05, 0) is 19.8 Å². The van der Waals surface area contributed by atoms with Gasteiger partial charge in [0.15, 0.2) is 0 Å². The van der Waals surface area contributed by atoms with Gasteiger partial charge >= 0.3 is 11.9 Å². The second kappa shape index (κ2) is 2.05. The predicted octanol–water partition coefficient (Wildman–Crippen LogP) is 0.803. The molecule has 0 amide bonds. The summed E-state index contributed by atoms with van der Waals surface area (Å²) in [5.41, 5.74) is -1.80. The molecule has 72 valence electrons. The molecule has 4 nitrogen and oxygen atoms in total. The summed E-state index contributed by atoms with van der Waals surface area (Å²) in [6.07, 6.45) is 1.07. The molecular formula is C9H12O4. The molecule has 3 unspecified atom stereocenters. The van der Waals surface area contributed by atoms with Crippen LogP contribution in [0.3, 0.4) is 0 Å². The van der Waals surface area contributed by atoms with E-state index in [2.05, 4.69) is 0 Å². The molecule has 0 aromatic heterocycles. The zero-order chi connectivity index (χ0) is 9.85. The van der Waals surface area contributed by atoms with E-state index < -0.39 is 17.0 Å². The van der Waals surface area contributed by atoms with Gasteiger partial charge in [-0.1, -0.05) is 6.92 Å². The average molecular weight is 184 g/mol. The van der Waals surface area contributed by atoms with Crippen molar-refractivity contribution < 1.29 is 19.4 Å². The van der Waals surface area contributed by atoms with Gasteiger partial charge in [0, 0.05) is 5.92 Å². The first-order valence-electron chi connectivity index (χ1n) is 4.40. The van der Waals surface area contributed by atoms with Gasteiger partial charge < -0.3 is 9.84 Å². The summed E-state index contributed by atoms with van der Waals surface area (Å²) in [6.45, 7) is 3.57. The first-order chi connectivity index (χ1) is 5.93. The summed E-state index contributed by atoms with van der Waals surface area (Å²) in [6, 6.07) is 0. The maximum Gasteiger partial charge on any atom is 0.348 e. The Bertz CT molecular complexity index is 298. The van der Waals surface area contributed by atoms with Crippen molar-refractivity contribution in [3.63, 3.8) is 0 Å². The number of carboxylic acids is 1. The van der Waals surface area contributed by atoms with Crippen LogP contribution in [-0.4, -0.2) is 22.6 Å². The zero-order valence-electron chi connectivity index (χ0n) is 7.66. The minimum atomic E-state index is -1.23. The van der Waals surface area contributed by atoms with Gasteiger partial charge in [0.1, 0.15) is 0 Å². The number of hydrogen-bond acceptors (Lipinski definition) is 3. The number of esters is 1. The lowest BCUT2D eigenvalue weighted by Gasteiger charge is -2.23. The third-order valence-corrected chi connectivity index (χ3v) is 3.77. The minimum absolute atomic E-state index is 0.218. The Morgan fingerprint density at radius 1 is 1.62 bits per heavy atom. The number of ether oxygens (including phenoxy) is 1. The van der Waals surface area contributed by atoms with E-state index >= 15 is 0 Å². The molecule has 1 N–H and O–H groups in total. The van der Waals surface area contributed by atoms with Crippen LogP contribution < -0.4 is 0 Å². The number of rotatable bonds is 1. The van der Waals surface area contributed by atoms with Gasteiger partial charge in [-0.3, -0.25) is 4.79 Å². The van der Waals surface area contributed by atoms with Crippen molar-refractivity contribution in [2.24, 2.45) is 11.3 Å². The molecule has 2 aliphatic rings. The van der Waals surface area contributed by atoms with Gasteiger partial charge in [-0.15, -0.1) is 0 Å². The number of carbonyl (C=O) groups is 2. The molecule has 0 aromatic carbocycles. The molecule has 1 aliphatic carbocycles. The van der Waals surface area contributed by atoms with Crippen molar-refractivity contribution in [2.75, 3.05) is 0 Å². The van der Waals surface area contributed by atoms with Crippen molar-refractivity contribution in [1.82, 2.24) is 0 Å². The Morgan fingerprint density at radius 2 is 2.23 bits per heavy atom. The molecule has 0 radical (unpaired) electrons. The second-order valence-electron chi connectivity index (χ2n) is 4.22. The zero-order valence-corrected chi connectivity index (χ0v) is 7.66. The van der Waals surface area contributed by atoms with Crippen molar-refractivity contribution in [3.05, 3.63) is 0 Å². The van der Waals surface area contributed by atoms with Crippen molar-refractivity contribution in [3.8, 4) is 0 Å². The largest absolute Gasteiger partial charge is 0.478 e. The van der Waals surface area contributed by atoms with Crippen molar-refractivity contribution >= 4 is 11.9 Å². The normalized spacial score (nSPS) is 47.8. The van der Waals surface area contributed by atoms with Crippen LogP contribution in [0.1, 0.15) is 26.7 Å². The van der Waals surface area contributed by atoms with E-state index in [0.717, 1.165) is 0 Å². The van der Waals surface area contributed by atoms with Gasteiger partial charge in [-0.2, -0.15) is 0 Å². The average Bonchev–Trinajstić information content (AvgIpc) is 2.40. The van der Waals surface area contributed by atoms with E-state index in [9.17, 15) is 9.59 Å². The lowest BCUT2D eigenvalue weighted by atomic mass is 9.79. The maximum absolute atomic E-state index is 11.4. The monoisotopic (exact) mass is 184 g/mol. The lowest BCUT2D eigenvalue weighted by Crippen LogP contribution is -2.41. The highest BCUT2D eigenvalue weighted by Gasteiger charge is 2.69. The lowest BCUT2D eigenvalue weighted by molar-refractivity contribution is -0.176. The quantitative estimate of drug-likeness (QED) is 0.612. The fraction of sp³-hybridized carbons (Fsp3) is 0.778. The molecule has 1 aliphatic heterocycles. The molecule has 0 aromatic rings. The van der Waals surface area contributed by atoms with Gasteiger partial charge in [0.2, 0.25) is 5.60 Å². The van der Waals surface area contributed by atoms with E-state index in [4.69, 9.17) is 9.84 Å². The van der Waals surface area contributed by atoms with Crippen LogP contribution in [0.25, 0.3) is 0 Å². The van der Waals surface area contributed by atoms with E-state index in [0.29, 0.717) is 12.8 Å². The second-order valence-corrected chi connectivity index (χ2v) is 4.22. The number of aliphatic carboxylic acids is 1. The van der Waals surface area contributed by atoms with E-state index in [-0.39, 0.29) is 11.9 Å². The summed E-state index contributed by atoms with van der Waals surface area (Å²) in [5.74, 6) is -1.58. The van der Waals surface area contributed by atoms with Gasteiger partial charge in [0.05, 0.1) is 5.41 Å². The summed E-state index contributed by atoms with van der Waals surface area (Å²) >= 11 is 0. The van der Waals surface area contributed by atoms with E-state index in [1.807, 2.05) is 0 Å². The van der Waals surface area contributed by atoms with Crippen LogP contribution in [0, 0.1) is 11.3 Å². The smallest absolute Gasteiger partial charge is 0.348 e. The molecule has 2 rings (SSSR count). The molecule has 0 spiro atoms. The van der Waals surface area contributed by atoms with Crippen LogP contribution in [0.4, 0.5) is 0 Å². The van der Waals surface area contributed by atoms with Crippen LogP contribution in [0.5, 0.6) is 0 Å². The third-order valence-electron chi connectivity index (χ3n) is 3.77.